The fourth-order valence-corrected chi connectivity index (χ4v) is 2.65. The molecule has 1 aromatic rings. The molecule has 0 spiro atoms. The normalized spacial score (nSPS) is 18.7. The van der Waals surface area contributed by atoms with E-state index in [2.05, 4.69) is 26.3 Å². The Bertz CT molecular complexity index is 469. The molecule has 4 N–H and O–H groups in total. The minimum Gasteiger partial charge on any atom is -0.396 e. The van der Waals surface area contributed by atoms with E-state index in [9.17, 15) is 4.79 Å². The summed E-state index contributed by atoms with van der Waals surface area (Å²) in [6.45, 7) is 1.55. The second-order valence-electron chi connectivity index (χ2n) is 4.61. The summed E-state index contributed by atoms with van der Waals surface area (Å²) in [6, 6.07) is 1.71. The van der Waals surface area contributed by atoms with E-state index in [0.717, 1.165) is 17.3 Å². The summed E-state index contributed by atoms with van der Waals surface area (Å²) >= 11 is 3.30. The topological polar surface area (TPSA) is 91.5 Å². The maximum Gasteiger partial charge on any atom is 0.257 e. The van der Waals surface area contributed by atoms with Crippen LogP contribution >= 0.6 is 15.9 Å². The number of hydrogen-bond donors (Lipinski definition) is 3. The van der Waals surface area contributed by atoms with Crippen LogP contribution in [0.5, 0.6) is 0 Å². The van der Waals surface area contributed by atoms with Crippen LogP contribution in [0.1, 0.15) is 23.2 Å². The van der Waals surface area contributed by atoms with Crippen molar-refractivity contribution in [1.82, 2.24) is 9.88 Å². The third kappa shape index (κ3) is 3.23. The van der Waals surface area contributed by atoms with E-state index in [4.69, 9.17) is 10.9 Å². The Balaban J connectivity index is 2.14. The highest BCUT2D eigenvalue weighted by Crippen LogP contribution is 2.24. The first-order chi connectivity index (χ1) is 9.15. The third-order valence-electron chi connectivity index (χ3n) is 3.33. The molecular weight excluding hydrogens is 312 g/mol. The molecule has 0 bridgehead atoms. The van der Waals surface area contributed by atoms with E-state index >= 15 is 0 Å². The summed E-state index contributed by atoms with van der Waals surface area (Å²) in [4.78, 5) is 18.3. The molecule has 104 valence electrons. The fourth-order valence-electron chi connectivity index (χ4n) is 2.32. The van der Waals surface area contributed by atoms with Crippen LogP contribution < -0.4 is 11.3 Å². The number of pyridine rings is 1. The molecule has 0 aliphatic carbocycles. The molecule has 0 radical (unpaired) electrons. The average Bonchev–Trinajstić information content (AvgIpc) is 2.87. The Morgan fingerprint density at radius 2 is 2.47 bits per heavy atom. The van der Waals surface area contributed by atoms with Gasteiger partial charge in [0.25, 0.3) is 5.91 Å². The molecule has 1 fully saturated rings. The van der Waals surface area contributed by atoms with Gasteiger partial charge in [-0.3, -0.25) is 4.79 Å². The largest absolute Gasteiger partial charge is 0.396 e. The van der Waals surface area contributed by atoms with Gasteiger partial charge in [-0.1, -0.05) is 0 Å². The number of nitrogen functional groups attached to an aromatic ring is 1. The van der Waals surface area contributed by atoms with Gasteiger partial charge in [0.05, 0.1) is 5.56 Å². The van der Waals surface area contributed by atoms with Crippen molar-refractivity contribution in [2.24, 2.45) is 11.8 Å². The molecule has 1 aliphatic heterocycles. The number of rotatable bonds is 4. The summed E-state index contributed by atoms with van der Waals surface area (Å²) in [5.41, 5.74) is 2.90. The number of hydrazine groups is 1. The van der Waals surface area contributed by atoms with Crippen LogP contribution in [0.25, 0.3) is 0 Å². The molecule has 7 heteroatoms. The van der Waals surface area contributed by atoms with Crippen LogP contribution in [0.3, 0.4) is 0 Å². The Morgan fingerprint density at radius 3 is 3.16 bits per heavy atom. The Kier molecular flexibility index (Phi) is 4.73. The van der Waals surface area contributed by atoms with Crippen molar-refractivity contribution >= 4 is 27.7 Å². The lowest BCUT2D eigenvalue weighted by molar-refractivity contribution is 0.0785. The average molecular weight is 329 g/mol. The smallest absolute Gasteiger partial charge is 0.257 e. The quantitative estimate of drug-likeness (QED) is 0.566. The van der Waals surface area contributed by atoms with E-state index in [0.29, 0.717) is 30.4 Å². The van der Waals surface area contributed by atoms with Crippen LogP contribution in [0.15, 0.2) is 16.7 Å². The Hall–Kier alpha value is -1.18. The van der Waals surface area contributed by atoms with Gasteiger partial charge < -0.3 is 15.4 Å². The number of hydrogen-bond acceptors (Lipinski definition) is 5. The molecule has 19 heavy (non-hydrogen) atoms. The highest BCUT2D eigenvalue weighted by Gasteiger charge is 2.28. The lowest BCUT2D eigenvalue weighted by atomic mass is 10.1. The number of aromatic nitrogens is 1. The molecule has 2 heterocycles. The SMILES string of the molecule is NNc1ncc(Br)cc1C(=O)N1CCC(CCO)C1. The van der Waals surface area contributed by atoms with Crippen LogP contribution in [0, 0.1) is 5.92 Å². The summed E-state index contributed by atoms with van der Waals surface area (Å²) < 4.78 is 0.737. The third-order valence-corrected chi connectivity index (χ3v) is 3.77. The molecule has 0 saturated carbocycles. The van der Waals surface area contributed by atoms with Crippen molar-refractivity contribution in [3.05, 3.63) is 22.3 Å². The number of nitrogens with one attached hydrogen (secondary N) is 1. The van der Waals surface area contributed by atoms with E-state index in [1.165, 1.54) is 0 Å². The number of halogens is 1. The summed E-state index contributed by atoms with van der Waals surface area (Å²) in [5, 5.41) is 8.94. The number of carbonyl (C=O) groups excluding carboxylic acids is 1. The second-order valence-corrected chi connectivity index (χ2v) is 5.53. The van der Waals surface area contributed by atoms with E-state index in [-0.39, 0.29) is 12.5 Å². The number of anilines is 1. The fraction of sp³-hybridized carbons (Fsp3) is 0.500. The predicted molar refractivity (Wildman–Crippen MR) is 75.5 cm³/mol. The molecule has 1 amide bonds. The monoisotopic (exact) mass is 328 g/mol. The number of aliphatic hydroxyl groups is 1. The van der Waals surface area contributed by atoms with Gasteiger partial charge in [0.1, 0.15) is 0 Å². The van der Waals surface area contributed by atoms with Gasteiger partial charge in [-0.25, -0.2) is 10.8 Å². The van der Waals surface area contributed by atoms with Crippen molar-refractivity contribution in [2.45, 2.75) is 12.8 Å². The first kappa shape index (κ1) is 14.2. The van der Waals surface area contributed by atoms with Crippen molar-refractivity contribution < 1.29 is 9.90 Å². The van der Waals surface area contributed by atoms with Crippen LogP contribution in [0.2, 0.25) is 0 Å². The van der Waals surface area contributed by atoms with Gasteiger partial charge in [-0.15, -0.1) is 0 Å². The molecule has 2 rings (SSSR count). The van der Waals surface area contributed by atoms with Gasteiger partial charge in [0.2, 0.25) is 0 Å². The van der Waals surface area contributed by atoms with Crippen LogP contribution in [-0.4, -0.2) is 40.6 Å². The number of nitrogens with zero attached hydrogens (tertiary/aromatic N) is 2. The zero-order chi connectivity index (χ0) is 13.8. The highest BCUT2D eigenvalue weighted by atomic mass is 79.9. The van der Waals surface area contributed by atoms with E-state index in [1.54, 1.807) is 17.2 Å². The summed E-state index contributed by atoms with van der Waals surface area (Å²) in [6.07, 6.45) is 3.26. The minimum atomic E-state index is -0.0813. The molecule has 1 atom stereocenters. The van der Waals surface area contributed by atoms with E-state index < -0.39 is 0 Å². The zero-order valence-electron chi connectivity index (χ0n) is 10.5. The van der Waals surface area contributed by atoms with Gasteiger partial charge in [-0.2, -0.15) is 0 Å². The Morgan fingerprint density at radius 1 is 1.68 bits per heavy atom. The number of amides is 1. The first-order valence-electron chi connectivity index (χ1n) is 6.18. The van der Waals surface area contributed by atoms with Crippen molar-refractivity contribution in [3.8, 4) is 0 Å². The zero-order valence-corrected chi connectivity index (χ0v) is 12.1. The molecular formula is C12H17BrN4O2. The van der Waals surface area contributed by atoms with Gasteiger partial charge in [-0.05, 0) is 40.8 Å². The lowest BCUT2D eigenvalue weighted by Gasteiger charge is -2.18. The van der Waals surface area contributed by atoms with Gasteiger partial charge in [0.15, 0.2) is 5.82 Å². The van der Waals surface area contributed by atoms with Crippen LogP contribution in [-0.2, 0) is 0 Å². The maximum atomic E-state index is 12.4. The Labute approximate surface area is 120 Å². The molecule has 6 nitrogen and oxygen atoms in total. The number of aliphatic hydroxyl groups excluding tert-OH is 1. The first-order valence-corrected chi connectivity index (χ1v) is 6.97. The molecule has 1 saturated heterocycles. The summed E-state index contributed by atoms with van der Waals surface area (Å²) in [5.74, 6) is 6.05. The number of nitrogens with two attached hydrogens (primary N) is 1. The predicted octanol–water partition coefficient (Wildman–Crippen LogP) is 0.974. The highest BCUT2D eigenvalue weighted by molar-refractivity contribution is 9.10. The lowest BCUT2D eigenvalue weighted by Crippen LogP contribution is -2.30. The maximum absolute atomic E-state index is 12.4. The molecule has 1 aliphatic rings. The standard InChI is InChI=1S/C12H17BrN4O2/c13-9-5-10(11(16-14)15-6-9)12(19)17-3-1-8(7-17)2-4-18/h5-6,8,18H,1-4,7,14H2,(H,15,16). The van der Waals surface area contributed by atoms with Gasteiger partial charge >= 0.3 is 0 Å². The molecule has 1 aromatic heterocycles. The number of carbonyl (C=O) groups is 1. The molecule has 1 unspecified atom stereocenters. The summed E-state index contributed by atoms with van der Waals surface area (Å²) in [7, 11) is 0. The van der Waals surface area contributed by atoms with Crippen molar-refractivity contribution in [2.75, 3.05) is 25.1 Å². The minimum absolute atomic E-state index is 0.0813. The van der Waals surface area contributed by atoms with Crippen LogP contribution in [0.4, 0.5) is 5.82 Å². The molecule has 0 aromatic carbocycles. The van der Waals surface area contributed by atoms with Crippen molar-refractivity contribution in [3.63, 3.8) is 0 Å². The van der Waals surface area contributed by atoms with Gasteiger partial charge in [0, 0.05) is 30.4 Å². The van der Waals surface area contributed by atoms with Crippen molar-refractivity contribution in [1.29, 1.82) is 0 Å². The second kappa shape index (κ2) is 6.31. The number of likely N-dealkylation sites (tertiary alicyclic amines) is 1. The van der Waals surface area contributed by atoms with E-state index in [1.807, 2.05) is 0 Å².